The molecule has 1 aliphatic rings. The smallest absolute Gasteiger partial charge is 0.0814 e. The molecule has 0 amide bonds. The highest BCUT2D eigenvalue weighted by Gasteiger charge is 2.34. The minimum atomic E-state index is -1.01. The van der Waals surface area contributed by atoms with Gasteiger partial charge >= 0.3 is 0 Å². The van der Waals surface area contributed by atoms with Gasteiger partial charge in [-0.15, -0.1) is 0 Å². The zero-order valence-electron chi connectivity index (χ0n) is 23.5. The summed E-state index contributed by atoms with van der Waals surface area (Å²) in [6.45, 7) is 15.0. The molecule has 0 fully saturated rings. The van der Waals surface area contributed by atoms with Gasteiger partial charge in [0, 0.05) is 12.6 Å². The van der Waals surface area contributed by atoms with E-state index in [0.717, 1.165) is 44.9 Å². The minimum absolute atomic E-state index is 0.127. The van der Waals surface area contributed by atoms with Crippen LogP contribution in [0.4, 0.5) is 0 Å². The first-order valence-corrected chi connectivity index (χ1v) is 14.0. The predicted molar refractivity (Wildman–Crippen MR) is 142 cm³/mol. The van der Waals surface area contributed by atoms with Gasteiger partial charge in [-0.3, -0.25) is 0 Å². The highest BCUT2D eigenvalue weighted by Crippen LogP contribution is 2.35. The third-order valence-corrected chi connectivity index (χ3v) is 8.06. The number of ether oxygens (including phenoxy) is 1. The molecule has 1 rings (SSSR count). The Morgan fingerprint density at radius 2 is 1.83 bits per heavy atom. The predicted octanol–water partition coefficient (Wildman–Crippen LogP) is 5.59. The maximum absolute atomic E-state index is 10.8. The van der Waals surface area contributed by atoms with Crippen LogP contribution in [-0.4, -0.2) is 40.6 Å². The van der Waals surface area contributed by atoms with Crippen LogP contribution in [0.15, 0.2) is 23.3 Å². The van der Waals surface area contributed by atoms with Crippen LogP contribution in [0.3, 0.4) is 0 Å². The van der Waals surface area contributed by atoms with Crippen molar-refractivity contribution in [2.75, 3.05) is 6.61 Å². The summed E-state index contributed by atoms with van der Waals surface area (Å²) in [5.41, 5.74) is 1.90. The molecule has 35 heavy (non-hydrogen) atoms. The van der Waals surface area contributed by atoms with Crippen molar-refractivity contribution in [1.82, 2.24) is 0 Å². The van der Waals surface area contributed by atoms with Crippen LogP contribution in [0, 0.1) is 23.7 Å². The van der Waals surface area contributed by atoms with E-state index >= 15 is 0 Å². The molecule has 0 saturated heterocycles. The summed E-state index contributed by atoms with van der Waals surface area (Å²) in [5, 5.41) is 31.8. The Morgan fingerprint density at radius 1 is 1.17 bits per heavy atom. The molecule has 0 spiro atoms. The number of aliphatic hydroxyl groups is 2. The third-order valence-electron chi connectivity index (χ3n) is 8.06. The number of hydrogen-bond acceptors (Lipinski definition) is 5. The van der Waals surface area contributed by atoms with Gasteiger partial charge in [-0.05, 0) is 114 Å². The number of rotatable bonds is 17. The molecule has 0 aromatic heterocycles. The summed E-state index contributed by atoms with van der Waals surface area (Å²) >= 11 is 0. The van der Waals surface area contributed by atoms with Crippen molar-refractivity contribution in [3.63, 3.8) is 0 Å². The van der Waals surface area contributed by atoms with E-state index in [0.29, 0.717) is 37.7 Å². The van der Waals surface area contributed by atoms with Gasteiger partial charge in [0.1, 0.15) is 0 Å². The molecule has 0 aromatic rings. The number of carbonyl (C=O) groups excluding carboxylic acids is 1. The second-order valence-corrected chi connectivity index (χ2v) is 11.6. The first-order chi connectivity index (χ1) is 16.4. The maximum atomic E-state index is 10.8. The summed E-state index contributed by atoms with van der Waals surface area (Å²) in [5.74, 6) is -0.302. The van der Waals surface area contributed by atoms with Crippen LogP contribution in [0.1, 0.15) is 113 Å². The maximum Gasteiger partial charge on any atom is 0.0814 e. The Balaban J connectivity index is 2.34. The second kappa shape index (κ2) is 15.8. The molecule has 1 aliphatic carbocycles. The van der Waals surface area contributed by atoms with E-state index in [1.807, 2.05) is 19.9 Å². The van der Waals surface area contributed by atoms with E-state index < -0.39 is 17.5 Å². The molecule has 0 aromatic carbocycles. The average Bonchev–Trinajstić information content (AvgIpc) is 2.78. The number of allylic oxidation sites excluding steroid dienone is 2. The van der Waals surface area contributed by atoms with Gasteiger partial charge in [0.25, 0.3) is 0 Å². The Bertz CT molecular complexity index is 680. The Kier molecular flexibility index (Phi) is 14.4. The fraction of sp³-hybridized carbons (Fsp3) is 0.833. The molecule has 0 heterocycles. The fourth-order valence-electron chi connectivity index (χ4n) is 5.11. The van der Waals surface area contributed by atoms with E-state index in [-0.39, 0.29) is 18.1 Å². The van der Waals surface area contributed by atoms with Gasteiger partial charge in [0.05, 0.1) is 17.8 Å². The lowest BCUT2D eigenvalue weighted by Crippen LogP contribution is -2.39. The topological polar surface area (TPSA) is 89.8 Å². The molecule has 5 heteroatoms. The monoisotopic (exact) mass is 493 g/mol. The van der Waals surface area contributed by atoms with Gasteiger partial charge in [0.15, 0.2) is 0 Å². The second-order valence-electron chi connectivity index (χ2n) is 11.6. The molecule has 0 saturated carbocycles. The lowest BCUT2D eigenvalue weighted by atomic mass is 9.76. The molecular formula is C30H53O5-. The van der Waals surface area contributed by atoms with Crippen molar-refractivity contribution >= 4 is 5.97 Å². The summed E-state index contributed by atoms with van der Waals surface area (Å²) in [6.07, 6.45) is 13.0. The van der Waals surface area contributed by atoms with Crippen molar-refractivity contribution in [2.24, 2.45) is 23.7 Å². The van der Waals surface area contributed by atoms with Crippen LogP contribution in [0.25, 0.3) is 0 Å². The number of carboxylic acids is 1. The van der Waals surface area contributed by atoms with Crippen molar-refractivity contribution in [3.8, 4) is 0 Å². The van der Waals surface area contributed by atoms with E-state index in [4.69, 9.17) is 4.74 Å². The van der Waals surface area contributed by atoms with Crippen LogP contribution in [0.2, 0.25) is 0 Å². The summed E-state index contributed by atoms with van der Waals surface area (Å²) in [7, 11) is 0. The number of carboxylic acid groups (broad SMARTS) is 1. The Morgan fingerprint density at radius 3 is 2.46 bits per heavy atom. The van der Waals surface area contributed by atoms with E-state index in [9.17, 15) is 20.1 Å². The molecule has 0 bridgehead atoms. The zero-order valence-corrected chi connectivity index (χ0v) is 23.5. The molecule has 204 valence electrons. The van der Waals surface area contributed by atoms with Crippen LogP contribution in [0.5, 0.6) is 0 Å². The summed E-state index contributed by atoms with van der Waals surface area (Å²) in [4.78, 5) is 10.8. The van der Waals surface area contributed by atoms with E-state index in [1.165, 1.54) is 11.1 Å². The fourth-order valence-corrected chi connectivity index (χ4v) is 5.11. The van der Waals surface area contributed by atoms with Crippen molar-refractivity contribution < 1.29 is 24.9 Å². The summed E-state index contributed by atoms with van der Waals surface area (Å²) < 4.78 is 6.04. The van der Waals surface area contributed by atoms with Gasteiger partial charge in [-0.25, -0.2) is 0 Å². The van der Waals surface area contributed by atoms with Crippen molar-refractivity contribution in [1.29, 1.82) is 0 Å². The lowest BCUT2D eigenvalue weighted by molar-refractivity contribution is -0.311. The van der Waals surface area contributed by atoms with Crippen molar-refractivity contribution in [3.05, 3.63) is 23.3 Å². The first-order valence-electron chi connectivity index (χ1n) is 14.0. The minimum Gasteiger partial charge on any atom is -0.550 e. The third kappa shape index (κ3) is 12.1. The highest BCUT2D eigenvalue weighted by atomic mass is 16.5. The van der Waals surface area contributed by atoms with Gasteiger partial charge in [-0.1, -0.05) is 45.4 Å². The summed E-state index contributed by atoms with van der Waals surface area (Å²) in [6, 6.07) is 0. The standard InChI is InChI=1S/C30H54O5/c1-8-35-28-25(6)24(5)27(31)20-26(28)17-16-22(3)13-9-12-21(2)14-10-18-30(7,34)19-11-15-23(4)29(32)33/h12,20,22-25,27-28,31,34H,8-11,13-19H2,1-7H3,(H,32,33)/p-1/b21-12+. The van der Waals surface area contributed by atoms with Crippen LogP contribution in [-0.2, 0) is 9.53 Å². The number of hydrogen-bond donors (Lipinski definition) is 2. The van der Waals surface area contributed by atoms with Crippen LogP contribution >= 0.6 is 0 Å². The zero-order chi connectivity index (χ0) is 26.6. The average molecular weight is 494 g/mol. The number of aliphatic hydroxyl groups excluding tert-OH is 1. The first kappa shape index (κ1) is 31.9. The quantitative estimate of drug-likeness (QED) is 0.258. The van der Waals surface area contributed by atoms with Crippen molar-refractivity contribution in [2.45, 2.75) is 130 Å². The number of aliphatic carboxylic acids is 1. The molecule has 2 N–H and O–H groups in total. The van der Waals surface area contributed by atoms with Gasteiger partial charge in [-0.2, -0.15) is 0 Å². The Hall–Kier alpha value is -1.17. The molecule has 5 nitrogen and oxygen atoms in total. The molecular weight excluding hydrogens is 440 g/mol. The molecule has 7 atom stereocenters. The van der Waals surface area contributed by atoms with Gasteiger partial charge < -0.3 is 24.9 Å². The molecule has 0 radical (unpaired) electrons. The SMILES string of the molecule is CCOC1C(CCC(C)CC/C=C(\C)CCCC(C)(O)CCCC(C)C(=O)[O-])=CC(O)C(C)C1C. The van der Waals surface area contributed by atoms with E-state index in [1.54, 1.807) is 6.92 Å². The molecule has 0 aliphatic heterocycles. The number of carbonyl (C=O) groups is 1. The normalized spacial score (nSPS) is 26.7. The largest absolute Gasteiger partial charge is 0.550 e. The lowest BCUT2D eigenvalue weighted by Gasteiger charge is -2.37. The van der Waals surface area contributed by atoms with Crippen LogP contribution < -0.4 is 5.11 Å². The Labute approximate surface area is 215 Å². The molecule has 7 unspecified atom stereocenters. The van der Waals surface area contributed by atoms with Gasteiger partial charge in [0.2, 0.25) is 0 Å². The highest BCUT2D eigenvalue weighted by molar-refractivity contribution is 5.66. The van der Waals surface area contributed by atoms with E-state index in [2.05, 4.69) is 33.8 Å².